The molecular formula is C28H36N2O6. The van der Waals surface area contributed by atoms with Crippen molar-refractivity contribution in [2.75, 3.05) is 47.5 Å². The Balaban J connectivity index is 2.14. The minimum absolute atomic E-state index is 0.0398. The second-order valence-corrected chi connectivity index (χ2v) is 8.93. The Labute approximate surface area is 213 Å². The molecule has 2 aromatic carbocycles. The molecule has 1 heterocycles. The van der Waals surface area contributed by atoms with Crippen molar-refractivity contribution in [3.63, 3.8) is 0 Å². The maximum Gasteiger partial charge on any atom is 0.295 e. The van der Waals surface area contributed by atoms with Gasteiger partial charge in [0, 0.05) is 18.7 Å². The van der Waals surface area contributed by atoms with Crippen LogP contribution in [0, 0.1) is 0 Å². The van der Waals surface area contributed by atoms with E-state index in [1.165, 1.54) is 4.90 Å². The summed E-state index contributed by atoms with van der Waals surface area (Å²) in [5.41, 5.74) is 1.10. The number of ether oxygens (including phenoxy) is 3. The molecular weight excluding hydrogens is 460 g/mol. The first-order valence-electron chi connectivity index (χ1n) is 12.3. The van der Waals surface area contributed by atoms with Crippen LogP contribution in [-0.2, 0) is 9.59 Å². The molecule has 194 valence electrons. The molecule has 0 aromatic heterocycles. The highest BCUT2D eigenvalue weighted by molar-refractivity contribution is 6.46. The lowest BCUT2D eigenvalue weighted by molar-refractivity contribution is -0.140. The van der Waals surface area contributed by atoms with E-state index in [2.05, 4.69) is 0 Å². The Morgan fingerprint density at radius 3 is 2.39 bits per heavy atom. The van der Waals surface area contributed by atoms with E-state index in [-0.39, 0.29) is 11.3 Å². The van der Waals surface area contributed by atoms with Crippen LogP contribution in [0.4, 0.5) is 0 Å². The summed E-state index contributed by atoms with van der Waals surface area (Å²) in [4.78, 5) is 29.9. The number of benzene rings is 2. The number of likely N-dealkylation sites (tertiary alicyclic amines) is 1. The van der Waals surface area contributed by atoms with Crippen molar-refractivity contribution in [2.45, 2.75) is 32.7 Å². The van der Waals surface area contributed by atoms with Crippen LogP contribution in [0.15, 0.2) is 48.0 Å². The third-order valence-corrected chi connectivity index (χ3v) is 5.87. The van der Waals surface area contributed by atoms with Crippen LogP contribution in [0.5, 0.6) is 17.2 Å². The standard InChI is InChI=1S/C28H36N2O6/c1-6-15-35-21-10-8-9-20(17-21)26(31)24-25(30(14-13-29(3)4)28(33)27(24)32)19-11-12-22(34-5)23(18-19)36-16-7-2/h8-12,17-18,25,31H,6-7,13-16H2,1-5H3/b26-24-. The van der Waals surface area contributed by atoms with Gasteiger partial charge in [0.05, 0.1) is 31.9 Å². The zero-order chi connectivity index (χ0) is 26.2. The number of methoxy groups -OCH3 is 1. The van der Waals surface area contributed by atoms with Gasteiger partial charge in [-0.15, -0.1) is 0 Å². The molecule has 1 amide bonds. The van der Waals surface area contributed by atoms with Crippen LogP contribution >= 0.6 is 0 Å². The van der Waals surface area contributed by atoms with E-state index >= 15 is 0 Å². The first kappa shape index (κ1) is 27.1. The van der Waals surface area contributed by atoms with Crippen LogP contribution in [0.2, 0.25) is 0 Å². The molecule has 0 spiro atoms. The number of hydrogen-bond acceptors (Lipinski definition) is 7. The fourth-order valence-electron chi connectivity index (χ4n) is 4.06. The van der Waals surface area contributed by atoms with E-state index in [9.17, 15) is 14.7 Å². The fraction of sp³-hybridized carbons (Fsp3) is 0.429. The molecule has 1 fully saturated rings. The van der Waals surface area contributed by atoms with Gasteiger partial charge in [-0.2, -0.15) is 0 Å². The van der Waals surface area contributed by atoms with Gasteiger partial charge in [0.25, 0.3) is 11.7 Å². The summed E-state index contributed by atoms with van der Waals surface area (Å²) in [5, 5.41) is 11.4. The van der Waals surface area contributed by atoms with Crippen LogP contribution < -0.4 is 14.2 Å². The first-order valence-corrected chi connectivity index (χ1v) is 12.3. The molecule has 3 rings (SSSR count). The molecule has 0 aliphatic carbocycles. The number of likely N-dealkylation sites (N-methyl/N-ethyl adjacent to an activating group) is 1. The average Bonchev–Trinajstić information content (AvgIpc) is 3.13. The molecule has 36 heavy (non-hydrogen) atoms. The van der Waals surface area contributed by atoms with Gasteiger partial charge in [-0.3, -0.25) is 9.59 Å². The number of hydrogen-bond donors (Lipinski definition) is 1. The lowest BCUT2D eigenvalue weighted by Gasteiger charge is -2.27. The Kier molecular flexibility index (Phi) is 9.36. The van der Waals surface area contributed by atoms with Crippen molar-refractivity contribution in [1.29, 1.82) is 0 Å². The van der Waals surface area contributed by atoms with Crippen molar-refractivity contribution >= 4 is 17.4 Å². The van der Waals surface area contributed by atoms with Crippen molar-refractivity contribution < 1.29 is 28.9 Å². The molecule has 0 radical (unpaired) electrons. The molecule has 1 N–H and O–H groups in total. The van der Waals surface area contributed by atoms with E-state index in [1.807, 2.05) is 32.8 Å². The Hall–Kier alpha value is -3.52. The number of rotatable bonds is 12. The minimum atomic E-state index is -0.778. The molecule has 1 aliphatic heterocycles. The topological polar surface area (TPSA) is 88.5 Å². The Morgan fingerprint density at radius 2 is 1.72 bits per heavy atom. The molecule has 1 unspecified atom stereocenters. The minimum Gasteiger partial charge on any atom is -0.507 e. The smallest absolute Gasteiger partial charge is 0.295 e. The maximum atomic E-state index is 13.3. The van der Waals surface area contributed by atoms with Gasteiger partial charge in [-0.1, -0.05) is 32.0 Å². The number of aliphatic hydroxyl groups excluding tert-OH is 1. The molecule has 8 nitrogen and oxygen atoms in total. The largest absolute Gasteiger partial charge is 0.507 e. The van der Waals surface area contributed by atoms with E-state index in [0.717, 1.165) is 12.8 Å². The van der Waals surface area contributed by atoms with Crippen molar-refractivity contribution in [1.82, 2.24) is 9.80 Å². The van der Waals surface area contributed by atoms with Gasteiger partial charge in [-0.05, 0) is 56.8 Å². The number of carbonyl (C=O) groups is 2. The van der Waals surface area contributed by atoms with Crippen LogP contribution in [-0.4, -0.2) is 74.1 Å². The molecule has 8 heteroatoms. The normalized spacial score (nSPS) is 17.1. The number of ketones is 1. The molecule has 0 saturated carbocycles. The predicted molar refractivity (Wildman–Crippen MR) is 139 cm³/mol. The van der Waals surface area contributed by atoms with E-state index in [4.69, 9.17) is 14.2 Å². The Morgan fingerprint density at radius 1 is 1.00 bits per heavy atom. The average molecular weight is 497 g/mol. The third kappa shape index (κ3) is 5.99. The van der Waals surface area contributed by atoms with Crippen LogP contribution in [0.3, 0.4) is 0 Å². The van der Waals surface area contributed by atoms with E-state index in [0.29, 0.717) is 54.7 Å². The van der Waals surface area contributed by atoms with Crippen molar-refractivity contribution in [3.8, 4) is 17.2 Å². The van der Waals surface area contributed by atoms with Crippen molar-refractivity contribution in [3.05, 3.63) is 59.2 Å². The summed E-state index contributed by atoms with van der Waals surface area (Å²) in [6.07, 6.45) is 1.65. The lowest BCUT2D eigenvalue weighted by atomic mass is 9.95. The summed E-state index contributed by atoms with van der Waals surface area (Å²) in [7, 11) is 5.36. The quantitative estimate of drug-likeness (QED) is 0.267. The summed E-state index contributed by atoms with van der Waals surface area (Å²) in [5.74, 6) is 0.0540. The highest BCUT2D eigenvalue weighted by Gasteiger charge is 2.46. The SMILES string of the molecule is CCCOc1cccc(/C(O)=C2/C(=O)C(=O)N(CCN(C)C)C2c2ccc(OC)c(OCCC)c2)c1. The number of carbonyl (C=O) groups excluding carboxylic acids is 2. The van der Waals surface area contributed by atoms with E-state index in [1.54, 1.807) is 49.6 Å². The van der Waals surface area contributed by atoms with Crippen LogP contribution in [0.1, 0.15) is 43.9 Å². The number of amides is 1. The number of nitrogens with zero attached hydrogens (tertiary/aromatic N) is 2. The van der Waals surface area contributed by atoms with Gasteiger partial charge in [-0.25, -0.2) is 0 Å². The van der Waals surface area contributed by atoms with Gasteiger partial charge < -0.3 is 29.1 Å². The molecule has 1 saturated heterocycles. The Bertz CT molecular complexity index is 1110. The highest BCUT2D eigenvalue weighted by atomic mass is 16.5. The highest BCUT2D eigenvalue weighted by Crippen LogP contribution is 2.42. The summed E-state index contributed by atoms with van der Waals surface area (Å²) >= 11 is 0. The maximum absolute atomic E-state index is 13.3. The van der Waals surface area contributed by atoms with Gasteiger partial charge >= 0.3 is 0 Å². The number of Topliss-reactive ketones (excluding diaryl/α,β-unsaturated/α-hetero) is 1. The monoisotopic (exact) mass is 496 g/mol. The van der Waals surface area contributed by atoms with Gasteiger partial charge in [0.1, 0.15) is 11.5 Å². The summed E-state index contributed by atoms with van der Waals surface area (Å²) in [6, 6.07) is 11.5. The first-order chi connectivity index (χ1) is 17.3. The summed E-state index contributed by atoms with van der Waals surface area (Å²) in [6.45, 7) is 5.91. The molecule has 1 aliphatic rings. The third-order valence-electron chi connectivity index (χ3n) is 5.87. The fourth-order valence-corrected chi connectivity index (χ4v) is 4.06. The number of aliphatic hydroxyl groups is 1. The predicted octanol–water partition coefficient (Wildman–Crippen LogP) is 4.26. The van der Waals surface area contributed by atoms with Gasteiger partial charge in [0.15, 0.2) is 11.5 Å². The zero-order valence-corrected chi connectivity index (χ0v) is 21.7. The summed E-state index contributed by atoms with van der Waals surface area (Å²) < 4.78 is 17.0. The zero-order valence-electron chi connectivity index (χ0n) is 21.7. The van der Waals surface area contributed by atoms with Crippen LogP contribution in [0.25, 0.3) is 5.76 Å². The van der Waals surface area contributed by atoms with Gasteiger partial charge in [0.2, 0.25) is 0 Å². The second kappa shape index (κ2) is 12.4. The molecule has 2 aromatic rings. The molecule has 1 atom stereocenters. The molecule has 0 bridgehead atoms. The second-order valence-electron chi connectivity index (χ2n) is 8.93. The lowest BCUT2D eigenvalue weighted by Crippen LogP contribution is -2.35. The van der Waals surface area contributed by atoms with Crippen molar-refractivity contribution in [2.24, 2.45) is 0 Å². The van der Waals surface area contributed by atoms with E-state index < -0.39 is 17.7 Å².